The van der Waals surface area contributed by atoms with E-state index in [0.717, 1.165) is 0 Å². The molecule has 0 aromatic carbocycles. The number of hydrogen-bond donors (Lipinski definition) is 9. The molecule has 3 unspecified atom stereocenters. The van der Waals surface area contributed by atoms with Gasteiger partial charge in [0.15, 0.2) is 11.9 Å². The second kappa shape index (κ2) is 15.2. The molecule has 15 heteroatoms. The first-order chi connectivity index (χ1) is 14.9. The molecule has 0 aliphatic carbocycles. The van der Waals surface area contributed by atoms with Gasteiger partial charge in [0.2, 0.25) is 17.7 Å². The van der Waals surface area contributed by atoms with Crippen LogP contribution in [0.4, 0.5) is 0 Å². The smallest absolute Gasteiger partial charge is 0.325 e. The highest BCUT2D eigenvalue weighted by Crippen LogP contribution is 2.02. The zero-order chi connectivity index (χ0) is 24.7. The summed E-state index contributed by atoms with van der Waals surface area (Å²) in [5.41, 5.74) is 26.8. The van der Waals surface area contributed by atoms with E-state index in [4.69, 9.17) is 33.8 Å². The van der Waals surface area contributed by atoms with E-state index in [9.17, 15) is 19.2 Å². The molecule has 0 saturated heterocycles. The SMILES string of the molecule is CC(NC(=O)CNC(=O)C(CCCN=C(N)N)NC(=O)C(N)CCCN=C(N)N)C(=O)O. The summed E-state index contributed by atoms with van der Waals surface area (Å²) in [5.74, 6) is -3.31. The van der Waals surface area contributed by atoms with Crippen LogP contribution in [0.5, 0.6) is 0 Å². The molecule has 0 aliphatic heterocycles. The number of carbonyl (C=O) groups is 4. The van der Waals surface area contributed by atoms with E-state index in [1.165, 1.54) is 6.92 Å². The maximum atomic E-state index is 12.5. The number of amides is 3. The van der Waals surface area contributed by atoms with E-state index in [1.807, 2.05) is 0 Å². The van der Waals surface area contributed by atoms with Crippen molar-refractivity contribution in [1.29, 1.82) is 0 Å². The fourth-order valence-corrected chi connectivity index (χ4v) is 2.35. The number of aliphatic imine (C=N–C) groups is 2. The summed E-state index contributed by atoms with van der Waals surface area (Å²) in [6, 6.07) is -3.03. The Morgan fingerprint density at radius 2 is 1.41 bits per heavy atom. The number of carbonyl (C=O) groups excluding carboxylic acids is 3. The monoisotopic (exact) mass is 458 g/mol. The molecule has 0 fully saturated rings. The van der Waals surface area contributed by atoms with Crippen LogP contribution < -0.4 is 44.6 Å². The Bertz CT molecular complexity index is 704. The average Bonchev–Trinajstić information content (AvgIpc) is 2.70. The van der Waals surface area contributed by atoms with Crippen LogP contribution in [0.2, 0.25) is 0 Å². The maximum absolute atomic E-state index is 12.5. The average molecular weight is 459 g/mol. The van der Waals surface area contributed by atoms with Crippen molar-refractivity contribution >= 4 is 35.6 Å². The summed E-state index contributed by atoms with van der Waals surface area (Å²) in [6.45, 7) is 1.34. The maximum Gasteiger partial charge on any atom is 0.325 e. The third-order valence-corrected chi connectivity index (χ3v) is 4.05. The van der Waals surface area contributed by atoms with Crippen LogP contribution in [-0.4, -0.2) is 78.5 Å². The number of hydrogen-bond acceptors (Lipinski definition) is 7. The minimum atomic E-state index is -1.22. The molecule has 0 aromatic rings. The summed E-state index contributed by atoms with van der Waals surface area (Å²) < 4.78 is 0. The first-order valence-electron chi connectivity index (χ1n) is 9.90. The fraction of sp³-hybridized carbons (Fsp3) is 0.647. The van der Waals surface area contributed by atoms with E-state index < -0.39 is 48.4 Å². The normalized spacial score (nSPS) is 13.1. The van der Waals surface area contributed by atoms with Gasteiger partial charge in [-0.1, -0.05) is 0 Å². The van der Waals surface area contributed by atoms with E-state index in [0.29, 0.717) is 19.4 Å². The lowest BCUT2D eigenvalue weighted by molar-refractivity contribution is -0.141. The molecule has 15 nitrogen and oxygen atoms in total. The zero-order valence-corrected chi connectivity index (χ0v) is 18.0. The Morgan fingerprint density at radius 3 is 1.91 bits per heavy atom. The van der Waals surface area contributed by atoms with E-state index >= 15 is 0 Å². The minimum Gasteiger partial charge on any atom is -0.480 e. The molecule has 0 heterocycles. The van der Waals surface area contributed by atoms with Gasteiger partial charge in [-0.15, -0.1) is 0 Å². The Kier molecular flexibility index (Phi) is 13.5. The third-order valence-electron chi connectivity index (χ3n) is 4.05. The standard InChI is InChI=1S/C17H34N10O5/c1-9(15(31)32)26-12(28)8-25-14(30)11(5-3-7-24-17(21)22)27-13(29)10(18)4-2-6-23-16(19)20/h9-11H,2-8,18H2,1H3,(H,25,30)(H,26,28)(H,27,29)(H,31,32)(H4,19,20,23)(H4,21,22,24). The van der Waals surface area contributed by atoms with Gasteiger partial charge in [-0.25, -0.2) is 0 Å². The Hall–Kier alpha value is -3.62. The molecule has 0 aliphatic rings. The highest BCUT2D eigenvalue weighted by Gasteiger charge is 2.24. The molecule has 0 radical (unpaired) electrons. The van der Waals surface area contributed by atoms with Crippen LogP contribution in [0.1, 0.15) is 32.6 Å². The number of aliphatic carboxylic acids is 1. The number of nitrogens with two attached hydrogens (primary N) is 5. The highest BCUT2D eigenvalue weighted by molar-refractivity contribution is 5.92. The van der Waals surface area contributed by atoms with Gasteiger partial charge >= 0.3 is 5.97 Å². The first-order valence-corrected chi connectivity index (χ1v) is 9.90. The predicted octanol–water partition coefficient (Wildman–Crippen LogP) is -4.39. The molecule has 0 spiro atoms. The van der Waals surface area contributed by atoms with Gasteiger partial charge in [0.1, 0.15) is 12.1 Å². The van der Waals surface area contributed by atoms with Crippen molar-refractivity contribution in [1.82, 2.24) is 16.0 Å². The third kappa shape index (κ3) is 13.6. The van der Waals surface area contributed by atoms with Gasteiger partial charge in [-0.2, -0.15) is 0 Å². The van der Waals surface area contributed by atoms with Crippen molar-refractivity contribution in [2.75, 3.05) is 19.6 Å². The van der Waals surface area contributed by atoms with Crippen molar-refractivity contribution in [3.63, 3.8) is 0 Å². The second-order valence-electron chi connectivity index (χ2n) is 6.91. The molecular formula is C17H34N10O5. The van der Waals surface area contributed by atoms with Gasteiger partial charge in [0.05, 0.1) is 12.6 Å². The lowest BCUT2D eigenvalue weighted by atomic mass is 10.1. The molecule has 0 bridgehead atoms. The van der Waals surface area contributed by atoms with Gasteiger partial charge < -0.3 is 49.7 Å². The van der Waals surface area contributed by atoms with Crippen LogP contribution in [0.3, 0.4) is 0 Å². The van der Waals surface area contributed by atoms with E-state index in [1.54, 1.807) is 0 Å². The summed E-state index contributed by atoms with van der Waals surface area (Å²) >= 11 is 0. The van der Waals surface area contributed by atoms with Crippen LogP contribution in [0, 0.1) is 0 Å². The van der Waals surface area contributed by atoms with Crippen LogP contribution in [0.15, 0.2) is 9.98 Å². The minimum absolute atomic E-state index is 0.0673. The molecule has 32 heavy (non-hydrogen) atoms. The van der Waals surface area contributed by atoms with Crippen molar-refractivity contribution in [2.45, 2.75) is 50.7 Å². The molecule has 3 atom stereocenters. The summed E-state index contributed by atoms with van der Waals surface area (Å²) in [7, 11) is 0. The number of rotatable bonds is 15. The topological polar surface area (TPSA) is 279 Å². The Balaban J connectivity index is 4.86. The summed E-state index contributed by atoms with van der Waals surface area (Å²) in [6.07, 6.45) is 1.26. The quantitative estimate of drug-likeness (QED) is 0.0645. The van der Waals surface area contributed by atoms with Crippen LogP contribution in [0.25, 0.3) is 0 Å². The van der Waals surface area contributed by atoms with Crippen LogP contribution >= 0.6 is 0 Å². The van der Waals surface area contributed by atoms with Crippen molar-refractivity contribution in [3.8, 4) is 0 Å². The number of nitrogens with zero attached hydrogens (tertiary/aromatic N) is 2. The molecular weight excluding hydrogens is 424 g/mol. The zero-order valence-electron chi connectivity index (χ0n) is 18.0. The van der Waals surface area contributed by atoms with Gasteiger partial charge in [-0.3, -0.25) is 29.2 Å². The molecule has 14 N–H and O–H groups in total. The number of nitrogens with one attached hydrogen (secondary N) is 3. The predicted molar refractivity (Wildman–Crippen MR) is 118 cm³/mol. The largest absolute Gasteiger partial charge is 0.480 e. The molecule has 0 rings (SSSR count). The second-order valence-corrected chi connectivity index (χ2v) is 6.91. The Morgan fingerprint density at radius 1 is 0.875 bits per heavy atom. The molecule has 0 aromatic heterocycles. The van der Waals surface area contributed by atoms with Gasteiger partial charge in [0, 0.05) is 13.1 Å². The first kappa shape index (κ1) is 28.4. The molecule has 3 amide bonds. The van der Waals surface area contributed by atoms with Crippen molar-refractivity contribution < 1.29 is 24.3 Å². The fourth-order valence-electron chi connectivity index (χ4n) is 2.35. The van der Waals surface area contributed by atoms with Crippen molar-refractivity contribution in [3.05, 3.63) is 0 Å². The van der Waals surface area contributed by atoms with Gasteiger partial charge in [0.25, 0.3) is 0 Å². The number of guanidine groups is 2. The lowest BCUT2D eigenvalue weighted by Gasteiger charge is -2.20. The summed E-state index contributed by atoms with van der Waals surface area (Å²) in [4.78, 5) is 55.0. The lowest BCUT2D eigenvalue weighted by Crippen LogP contribution is -2.53. The van der Waals surface area contributed by atoms with E-state index in [2.05, 4.69) is 25.9 Å². The number of carboxylic acids is 1. The molecule has 0 saturated carbocycles. The highest BCUT2D eigenvalue weighted by atomic mass is 16.4. The van der Waals surface area contributed by atoms with Gasteiger partial charge in [-0.05, 0) is 32.6 Å². The molecule has 182 valence electrons. The van der Waals surface area contributed by atoms with Crippen LogP contribution in [-0.2, 0) is 19.2 Å². The number of carboxylic acid groups (broad SMARTS) is 1. The Labute approximate surface area is 185 Å². The van der Waals surface area contributed by atoms with E-state index in [-0.39, 0.29) is 31.3 Å². The summed E-state index contributed by atoms with van der Waals surface area (Å²) in [5, 5.41) is 15.9. The van der Waals surface area contributed by atoms with Crippen molar-refractivity contribution in [2.24, 2.45) is 38.7 Å².